The van der Waals surface area contributed by atoms with E-state index in [4.69, 9.17) is 23.8 Å². The van der Waals surface area contributed by atoms with Gasteiger partial charge in [-0.2, -0.15) is 0 Å². The number of anilines is 2. The molecule has 0 radical (unpaired) electrons. The highest BCUT2D eigenvalue weighted by Gasteiger charge is 2.21. The largest absolute Gasteiger partial charge is 0.346 e. The smallest absolute Gasteiger partial charge is 0.238 e. The predicted molar refractivity (Wildman–Crippen MR) is 120 cm³/mol. The van der Waals surface area contributed by atoms with Crippen molar-refractivity contribution in [3.8, 4) is 0 Å². The average molecular weight is 417 g/mol. The van der Waals surface area contributed by atoms with E-state index < -0.39 is 0 Å². The lowest BCUT2D eigenvalue weighted by Crippen LogP contribution is -2.51. The normalized spacial score (nSPS) is 14.6. The standard InChI is InChI=1S/C21H25ClN4OS/c1-2-16-5-3-4-6-19(16)24-20(27)15-25-11-13-26(14-12-25)21(28)23-18-9-7-17(22)8-10-18/h3-10H,2,11-15H2,1H3,(H,23,28)(H,24,27). The number of carbonyl (C=O) groups excluding carboxylic acids is 1. The molecule has 1 amide bonds. The molecule has 1 aliphatic heterocycles. The molecule has 5 nitrogen and oxygen atoms in total. The van der Waals surface area contributed by atoms with Gasteiger partial charge in [0.05, 0.1) is 6.54 Å². The number of nitrogens with one attached hydrogen (secondary N) is 2. The van der Waals surface area contributed by atoms with Crippen molar-refractivity contribution in [3.05, 3.63) is 59.1 Å². The van der Waals surface area contributed by atoms with Crippen LogP contribution in [0, 0.1) is 0 Å². The number of hydrogen-bond acceptors (Lipinski definition) is 3. The Morgan fingerprint density at radius 3 is 2.39 bits per heavy atom. The fourth-order valence-corrected chi connectivity index (χ4v) is 3.61. The van der Waals surface area contributed by atoms with E-state index >= 15 is 0 Å². The maximum atomic E-state index is 12.4. The number of benzene rings is 2. The molecular formula is C21H25ClN4OS. The highest BCUT2D eigenvalue weighted by molar-refractivity contribution is 7.80. The van der Waals surface area contributed by atoms with Gasteiger partial charge in [-0.25, -0.2) is 0 Å². The van der Waals surface area contributed by atoms with Crippen LogP contribution in [0.1, 0.15) is 12.5 Å². The first-order chi connectivity index (χ1) is 13.5. The molecule has 0 aromatic heterocycles. The first-order valence-corrected chi connectivity index (χ1v) is 10.3. The van der Waals surface area contributed by atoms with Crippen LogP contribution in [0.15, 0.2) is 48.5 Å². The van der Waals surface area contributed by atoms with Gasteiger partial charge in [0.2, 0.25) is 5.91 Å². The number of amides is 1. The summed E-state index contributed by atoms with van der Waals surface area (Å²) in [6, 6.07) is 15.4. The Balaban J connectivity index is 1.45. The molecule has 2 aromatic rings. The Hall–Kier alpha value is -2.15. The number of carbonyl (C=O) groups is 1. The fourth-order valence-electron chi connectivity index (χ4n) is 3.19. The van der Waals surface area contributed by atoms with Gasteiger partial charge in [-0.05, 0) is 54.5 Å². The first-order valence-electron chi connectivity index (χ1n) is 9.46. The van der Waals surface area contributed by atoms with Gasteiger partial charge < -0.3 is 15.5 Å². The molecule has 2 aromatic carbocycles. The summed E-state index contributed by atoms with van der Waals surface area (Å²) >= 11 is 11.4. The second-order valence-corrected chi connectivity index (χ2v) is 7.58. The fraction of sp³-hybridized carbons (Fsp3) is 0.333. The van der Waals surface area contributed by atoms with Crippen molar-refractivity contribution < 1.29 is 4.79 Å². The Morgan fingerprint density at radius 2 is 1.71 bits per heavy atom. The third-order valence-corrected chi connectivity index (χ3v) is 5.41. The van der Waals surface area contributed by atoms with Crippen LogP contribution in [0.3, 0.4) is 0 Å². The van der Waals surface area contributed by atoms with Crippen molar-refractivity contribution in [2.45, 2.75) is 13.3 Å². The van der Waals surface area contributed by atoms with E-state index in [9.17, 15) is 4.79 Å². The quantitative estimate of drug-likeness (QED) is 0.725. The zero-order valence-electron chi connectivity index (χ0n) is 16.0. The number of thiocarbonyl (C=S) groups is 1. The number of rotatable bonds is 5. The molecule has 2 N–H and O–H groups in total. The number of nitrogens with zero attached hydrogens (tertiary/aromatic N) is 2. The Bertz CT molecular complexity index is 819. The highest BCUT2D eigenvalue weighted by atomic mass is 35.5. The summed E-state index contributed by atoms with van der Waals surface area (Å²) in [5.74, 6) is 0.0243. The molecule has 0 unspecified atom stereocenters. The van der Waals surface area contributed by atoms with E-state index in [2.05, 4.69) is 27.4 Å². The topological polar surface area (TPSA) is 47.6 Å². The van der Waals surface area contributed by atoms with E-state index in [1.165, 1.54) is 0 Å². The minimum absolute atomic E-state index is 0.0243. The molecule has 0 aliphatic carbocycles. The van der Waals surface area contributed by atoms with Crippen molar-refractivity contribution in [1.82, 2.24) is 9.80 Å². The van der Waals surface area contributed by atoms with Crippen LogP contribution in [0.2, 0.25) is 5.02 Å². The molecule has 1 aliphatic rings. The maximum absolute atomic E-state index is 12.4. The molecule has 1 heterocycles. The van der Waals surface area contributed by atoms with Gasteiger partial charge in [0.1, 0.15) is 0 Å². The first kappa shape index (κ1) is 20.6. The lowest BCUT2D eigenvalue weighted by atomic mass is 10.1. The maximum Gasteiger partial charge on any atom is 0.238 e. The Kier molecular flexibility index (Phi) is 7.25. The van der Waals surface area contributed by atoms with Crippen molar-refractivity contribution >= 4 is 46.2 Å². The van der Waals surface area contributed by atoms with Crippen molar-refractivity contribution in [2.75, 3.05) is 43.4 Å². The van der Waals surface area contributed by atoms with Crippen LogP contribution in [-0.4, -0.2) is 53.5 Å². The molecule has 1 fully saturated rings. The summed E-state index contributed by atoms with van der Waals surface area (Å²) in [5, 5.41) is 7.67. The molecule has 0 atom stereocenters. The average Bonchev–Trinajstić information content (AvgIpc) is 2.70. The molecular weight excluding hydrogens is 392 g/mol. The second-order valence-electron chi connectivity index (χ2n) is 6.76. The van der Waals surface area contributed by atoms with Crippen LogP contribution in [0.4, 0.5) is 11.4 Å². The predicted octanol–water partition coefficient (Wildman–Crippen LogP) is 3.86. The third kappa shape index (κ3) is 5.67. The van der Waals surface area contributed by atoms with Crippen LogP contribution in [-0.2, 0) is 11.2 Å². The van der Waals surface area contributed by atoms with Crippen LogP contribution >= 0.6 is 23.8 Å². The Labute approximate surface area is 176 Å². The zero-order valence-corrected chi connectivity index (χ0v) is 17.5. The van der Waals surface area contributed by atoms with Gasteiger partial charge in [-0.3, -0.25) is 9.69 Å². The second kappa shape index (κ2) is 9.87. The van der Waals surface area contributed by atoms with E-state index in [1.807, 2.05) is 48.5 Å². The number of piperazine rings is 1. The van der Waals surface area contributed by atoms with Gasteiger partial charge in [0.15, 0.2) is 5.11 Å². The van der Waals surface area contributed by atoms with Crippen LogP contribution in [0.5, 0.6) is 0 Å². The lowest BCUT2D eigenvalue weighted by Gasteiger charge is -2.35. The number of para-hydroxylation sites is 1. The van der Waals surface area contributed by atoms with Gasteiger partial charge in [-0.1, -0.05) is 36.7 Å². The molecule has 1 saturated heterocycles. The SMILES string of the molecule is CCc1ccccc1NC(=O)CN1CCN(C(=S)Nc2ccc(Cl)cc2)CC1. The third-order valence-electron chi connectivity index (χ3n) is 4.79. The summed E-state index contributed by atoms with van der Waals surface area (Å²) in [4.78, 5) is 16.7. The summed E-state index contributed by atoms with van der Waals surface area (Å²) in [6.07, 6.45) is 0.896. The van der Waals surface area contributed by atoms with E-state index in [1.54, 1.807) is 0 Å². The van der Waals surface area contributed by atoms with E-state index in [-0.39, 0.29) is 5.91 Å². The van der Waals surface area contributed by atoms with Crippen LogP contribution in [0.25, 0.3) is 0 Å². The van der Waals surface area contributed by atoms with Gasteiger partial charge in [0.25, 0.3) is 0 Å². The number of halogens is 1. The monoisotopic (exact) mass is 416 g/mol. The molecule has 3 rings (SSSR count). The molecule has 7 heteroatoms. The molecule has 0 bridgehead atoms. The molecule has 0 spiro atoms. The van der Waals surface area contributed by atoms with Gasteiger partial charge >= 0.3 is 0 Å². The molecule has 148 valence electrons. The van der Waals surface area contributed by atoms with Crippen LogP contribution < -0.4 is 10.6 Å². The summed E-state index contributed by atoms with van der Waals surface area (Å²) in [5.41, 5.74) is 2.98. The van der Waals surface area contributed by atoms with E-state index in [0.717, 1.165) is 49.5 Å². The summed E-state index contributed by atoms with van der Waals surface area (Å²) in [6.45, 7) is 5.65. The molecule has 0 saturated carbocycles. The van der Waals surface area contributed by atoms with Crippen molar-refractivity contribution in [2.24, 2.45) is 0 Å². The van der Waals surface area contributed by atoms with Crippen molar-refractivity contribution in [3.63, 3.8) is 0 Å². The number of aryl methyl sites for hydroxylation is 1. The van der Waals surface area contributed by atoms with E-state index in [0.29, 0.717) is 16.7 Å². The minimum Gasteiger partial charge on any atom is -0.346 e. The van der Waals surface area contributed by atoms with Gasteiger partial charge in [0, 0.05) is 42.6 Å². The zero-order chi connectivity index (χ0) is 19.9. The van der Waals surface area contributed by atoms with Gasteiger partial charge in [-0.15, -0.1) is 0 Å². The summed E-state index contributed by atoms with van der Waals surface area (Å²) in [7, 11) is 0. The Morgan fingerprint density at radius 1 is 1.04 bits per heavy atom. The lowest BCUT2D eigenvalue weighted by molar-refractivity contribution is -0.117. The number of hydrogen-bond donors (Lipinski definition) is 2. The summed E-state index contributed by atoms with van der Waals surface area (Å²) < 4.78 is 0. The minimum atomic E-state index is 0.0243. The molecule has 28 heavy (non-hydrogen) atoms. The highest BCUT2D eigenvalue weighted by Crippen LogP contribution is 2.16. The van der Waals surface area contributed by atoms with Crippen molar-refractivity contribution in [1.29, 1.82) is 0 Å².